The van der Waals surface area contributed by atoms with Crippen molar-refractivity contribution in [1.82, 2.24) is 0 Å². The summed E-state index contributed by atoms with van der Waals surface area (Å²) in [4.78, 5) is 23.6. The van der Waals surface area contributed by atoms with Gasteiger partial charge >= 0.3 is 0 Å². The number of halogens is 2. The Morgan fingerprint density at radius 2 is 1.37 bits per heavy atom. The second-order valence-corrected chi connectivity index (χ2v) is 3.99. The lowest BCUT2D eigenvalue weighted by molar-refractivity contribution is 0.0890. The van der Waals surface area contributed by atoms with Crippen molar-refractivity contribution in [3.05, 3.63) is 71.3 Å². The van der Waals surface area contributed by atoms with E-state index in [1.165, 1.54) is 6.07 Å². The fraction of sp³-hybridized carbons (Fsp3) is 0.0667. The van der Waals surface area contributed by atoms with Gasteiger partial charge in [-0.05, 0) is 12.1 Å². The summed E-state index contributed by atoms with van der Waals surface area (Å²) in [7, 11) is 0. The molecule has 0 amide bonds. The van der Waals surface area contributed by atoms with E-state index >= 15 is 0 Å². The highest BCUT2D eigenvalue weighted by atomic mass is 19.1. The molecular formula is C15H10F2O2. The third-order valence-electron chi connectivity index (χ3n) is 2.66. The molecule has 0 aliphatic rings. The molecule has 0 N–H and O–H groups in total. The van der Waals surface area contributed by atoms with Crippen LogP contribution in [0.5, 0.6) is 0 Å². The summed E-state index contributed by atoms with van der Waals surface area (Å²) in [5.74, 6) is -3.23. The first kappa shape index (κ1) is 13.1. The van der Waals surface area contributed by atoms with E-state index in [1.54, 1.807) is 30.3 Å². The number of carbonyl (C=O) groups is 2. The number of rotatable bonds is 4. The van der Waals surface area contributed by atoms with Gasteiger partial charge in [-0.3, -0.25) is 9.59 Å². The molecule has 2 rings (SSSR count). The molecule has 0 aliphatic carbocycles. The van der Waals surface area contributed by atoms with Crippen LogP contribution in [0.1, 0.15) is 27.1 Å². The molecule has 0 unspecified atom stereocenters. The van der Waals surface area contributed by atoms with Crippen LogP contribution in [0.25, 0.3) is 0 Å². The third kappa shape index (κ3) is 2.91. The zero-order chi connectivity index (χ0) is 13.8. The first-order chi connectivity index (χ1) is 9.09. The molecule has 96 valence electrons. The van der Waals surface area contributed by atoms with Crippen molar-refractivity contribution in [3.63, 3.8) is 0 Å². The van der Waals surface area contributed by atoms with Crippen LogP contribution in [0.3, 0.4) is 0 Å². The average Bonchev–Trinajstić information content (AvgIpc) is 2.39. The fourth-order valence-corrected chi connectivity index (χ4v) is 1.72. The Morgan fingerprint density at radius 1 is 0.789 bits per heavy atom. The van der Waals surface area contributed by atoms with Crippen molar-refractivity contribution in [1.29, 1.82) is 0 Å². The van der Waals surface area contributed by atoms with E-state index < -0.39 is 35.2 Å². The van der Waals surface area contributed by atoms with Crippen molar-refractivity contribution in [2.24, 2.45) is 0 Å². The van der Waals surface area contributed by atoms with E-state index in [1.807, 2.05) is 0 Å². The maximum absolute atomic E-state index is 13.4. The smallest absolute Gasteiger partial charge is 0.176 e. The Labute approximate surface area is 108 Å². The summed E-state index contributed by atoms with van der Waals surface area (Å²) in [5, 5.41) is 0. The van der Waals surface area contributed by atoms with Crippen LogP contribution in [0.4, 0.5) is 8.78 Å². The molecule has 0 atom stereocenters. The normalized spacial score (nSPS) is 10.2. The van der Waals surface area contributed by atoms with Gasteiger partial charge in [0.2, 0.25) is 0 Å². The highest BCUT2D eigenvalue weighted by molar-refractivity contribution is 6.13. The van der Waals surface area contributed by atoms with E-state index in [0.29, 0.717) is 5.56 Å². The van der Waals surface area contributed by atoms with Crippen LogP contribution in [0.2, 0.25) is 0 Å². The van der Waals surface area contributed by atoms with E-state index in [2.05, 4.69) is 0 Å². The van der Waals surface area contributed by atoms with Gasteiger partial charge in [0.05, 0.1) is 12.0 Å². The van der Waals surface area contributed by atoms with E-state index in [0.717, 1.165) is 12.1 Å². The molecule has 19 heavy (non-hydrogen) atoms. The number of benzene rings is 2. The molecule has 0 aromatic heterocycles. The highest BCUT2D eigenvalue weighted by Gasteiger charge is 2.20. The molecule has 0 spiro atoms. The molecule has 0 aliphatic heterocycles. The lowest BCUT2D eigenvalue weighted by atomic mass is 10.0. The van der Waals surface area contributed by atoms with Gasteiger partial charge in [0.1, 0.15) is 11.6 Å². The van der Waals surface area contributed by atoms with Gasteiger partial charge in [-0.25, -0.2) is 8.78 Å². The number of carbonyl (C=O) groups excluding carboxylic acids is 2. The predicted octanol–water partition coefficient (Wildman–Crippen LogP) is 3.42. The zero-order valence-corrected chi connectivity index (χ0v) is 9.90. The molecule has 2 aromatic carbocycles. The van der Waals surface area contributed by atoms with Crippen LogP contribution < -0.4 is 0 Å². The molecule has 4 heteroatoms. The number of Topliss-reactive ketones (excluding diaryl/α,β-unsaturated/α-hetero) is 2. The molecule has 0 radical (unpaired) electrons. The first-order valence-electron chi connectivity index (χ1n) is 5.65. The lowest BCUT2D eigenvalue weighted by Gasteiger charge is -2.03. The average molecular weight is 260 g/mol. The van der Waals surface area contributed by atoms with Crippen LogP contribution >= 0.6 is 0 Å². The Bertz CT molecular complexity index is 601. The number of ketones is 2. The predicted molar refractivity (Wildman–Crippen MR) is 66.1 cm³/mol. The zero-order valence-electron chi connectivity index (χ0n) is 9.90. The first-order valence-corrected chi connectivity index (χ1v) is 5.65. The molecule has 2 aromatic rings. The summed E-state index contributed by atoms with van der Waals surface area (Å²) in [6, 6.07) is 11.3. The van der Waals surface area contributed by atoms with E-state index in [9.17, 15) is 18.4 Å². The molecule has 0 bridgehead atoms. The minimum Gasteiger partial charge on any atom is -0.294 e. The van der Waals surface area contributed by atoms with Gasteiger partial charge in [-0.1, -0.05) is 36.4 Å². The monoisotopic (exact) mass is 260 g/mol. The quantitative estimate of drug-likeness (QED) is 0.623. The molecule has 0 saturated carbocycles. The summed E-state index contributed by atoms with van der Waals surface area (Å²) in [6.45, 7) is 0. The number of hydrogen-bond acceptors (Lipinski definition) is 2. The van der Waals surface area contributed by atoms with Gasteiger partial charge in [0.15, 0.2) is 11.6 Å². The third-order valence-corrected chi connectivity index (χ3v) is 2.66. The van der Waals surface area contributed by atoms with Crippen molar-refractivity contribution in [2.45, 2.75) is 6.42 Å². The second-order valence-electron chi connectivity index (χ2n) is 3.99. The van der Waals surface area contributed by atoms with Gasteiger partial charge < -0.3 is 0 Å². The number of hydrogen-bond donors (Lipinski definition) is 0. The fourth-order valence-electron chi connectivity index (χ4n) is 1.72. The topological polar surface area (TPSA) is 34.1 Å². The van der Waals surface area contributed by atoms with Gasteiger partial charge in [0.25, 0.3) is 0 Å². The van der Waals surface area contributed by atoms with Crippen LogP contribution in [0, 0.1) is 11.6 Å². The summed E-state index contributed by atoms with van der Waals surface area (Å²) < 4.78 is 26.8. The largest absolute Gasteiger partial charge is 0.294 e. The van der Waals surface area contributed by atoms with Gasteiger partial charge in [-0.15, -0.1) is 0 Å². The minimum atomic E-state index is -0.953. The molecule has 2 nitrogen and oxygen atoms in total. The van der Waals surface area contributed by atoms with E-state index in [4.69, 9.17) is 0 Å². The molecular weight excluding hydrogens is 250 g/mol. The Hall–Kier alpha value is -2.36. The van der Waals surface area contributed by atoms with E-state index in [-0.39, 0.29) is 0 Å². The standard InChI is InChI=1S/C15H10F2O2/c16-11-7-4-8-12(17)15(11)14(19)9-13(18)10-5-2-1-3-6-10/h1-8H,9H2. The SMILES string of the molecule is O=C(CC(=O)c1c(F)cccc1F)c1ccccc1. The molecule has 0 saturated heterocycles. The lowest BCUT2D eigenvalue weighted by Crippen LogP contribution is -2.12. The van der Waals surface area contributed by atoms with Crippen LogP contribution in [0.15, 0.2) is 48.5 Å². The maximum Gasteiger partial charge on any atom is 0.176 e. The highest BCUT2D eigenvalue weighted by Crippen LogP contribution is 2.15. The minimum absolute atomic E-state index is 0.340. The summed E-state index contributed by atoms with van der Waals surface area (Å²) >= 11 is 0. The molecule has 0 heterocycles. The molecule has 0 fully saturated rings. The van der Waals surface area contributed by atoms with Crippen molar-refractivity contribution in [2.75, 3.05) is 0 Å². The Morgan fingerprint density at radius 3 is 1.95 bits per heavy atom. The van der Waals surface area contributed by atoms with Crippen molar-refractivity contribution >= 4 is 11.6 Å². The van der Waals surface area contributed by atoms with Gasteiger partial charge in [-0.2, -0.15) is 0 Å². The second kappa shape index (κ2) is 5.52. The van der Waals surface area contributed by atoms with Gasteiger partial charge in [0, 0.05) is 5.56 Å². The maximum atomic E-state index is 13.4. The Balaban J connectivity index is 2.21. The van der Waals surface area contributed by atoms with Crippen LogP contribution in [-0.4, -0.2) is 11.6 Å². The summed E-state index contributed by atoms with van der Waals surface area (Å²) in [6.07, 6.45) is -0.554. The van der Waals surface area contributed by atoms with Crippen LogP contribution in [-0.2, 0) is 0 Å². The summed E-state index contributed by atoms with van der Waals surface area (Å²) in [5.41, 5.74) is -0.320. The Kier molecular flexibility index (Phi) is 3.80. The van der Waals surface area contributed by atoms with Crippen molar-refractivity contribution in [3.8, 4) is 0 Å². The van der Waals surface area contributed by atoms with Crippen molar-refractivity contribution < 1.29 is 18.4 Å².